The molecule has 3 aromatic rings. The molecular formula is C16H12BrClN4O3S2. The maximum Gasteiger partial charge on any atom is 0.260 e. The maximum absolute atomic E-state index is 12.4. The van der Waals surface area contributed by atoms with Gasteiger partial charge in [0.2, 0.25) is 10.0 Å². The van der Waals surface area contributed by atoms with Gasteiger partial charge in [0.05, 0.1) is 17.5 Å². The van der Waals surface area contributed by atoms with Gasteiger partial charge in [0.25, 0.3) is 5.91 Å². The van der Waals surface area contributed by atoms with E-state index in [0.717, 1.165) is 11.8 Å². The maximum atomic E-state index is 12.4. The van der Waals surface area contributed by atoms with Crippen molar-refractivity contribution >= 4 is 65.6 Å². The molecule has 2 aromatic heterocycles. The number of pyridine rings is 1. The molecule has 7 nitrogen and oxygen atoms in total. The van der Waals surface area contributed by atoms with Crippen molar-refractivity contribution in [1.29, 1.82) is 0 Å². The number of carbonyl (C=O) groups is 1. The van der Waals surface area contributed by atoms with E-state index < -0.39 is 15.9 Å². The topological polar surface area (TPSA) is 101 Å². The van der Waals surface area contributed by atoms with E-state index in [9.17, 15) is 13.2 Å². The Morgan fingerprint density at radius 1 is 1.26 bits per heavy atom. The van der Waals surface area contributed by atoms with E-state index in [-0.39, 0.29) is 10.7 Å². The molecule has 0 aliphatic rings. The number of hydrogen-bond donors (Lipinski definition) is 2. The Labute approximate surface area is 173 Å². The van der Waals surface area contributed by atoms with Gasteiger partial charge in [-0.3, -0.25) is 14.8 Å². The lowest BCUT2D eigenvalue weighted by molar-refractivity contribution is 0.102. The quantitative estimate of drug-likeness (QED) is 0.524. The number of nitrogens with zero attached hydrogens (tertiary/aromatic N) is 2. The van der Waals surface area contributed by atoms with Crippen LogP contribution in [0.25, 0.3) is 11.3 Å². The van der Waals surface area contributed by atoms with Crippen LogP contribution in [0.1, 0.15) is 10.4 Å². The third-order valence-electron chi connectivity index (χ3n) is 3.26. The van der Waals surface area contributed by atoms with Gasteiger partial charge in [0.1, 0.15) is 5.15 Å². The molecule has 0 aliphatic carbocycles. The van der Waals surface area contributed by atoms with Crippen LogP contribution >= 0.6 is 38.9 Å². The van der Waals surface area contributed by atoms with Crippen molar-refractivity contribution in [1.82, 2.24) is 9.97 Å². The Morgan fingerprint density at radius 2 is 1.96 bits per heavy atom. The molecule has 0 aliphatic heterocycles. The molecule has 3 rings (SSSR count). The van der Waals surface area contributed by atoms with E-state index >= 15 is 0 Å². The van der Waals surface area contributed by atoms with Gasteiger partial charge in [0.15, 0.2) is 5.13 Å². The molecular weight excluding hydrogens is 476 g/mol. The van der Waals surface area contributed by atoms with Crippen LogP contribution in [0.5, 0.6) is 0 Å². The summed E-state index contributed by atoms with van der Waals surface area (Å²) in [5, 5.41) is 4.98. The second kappa shape index (κ2) is 7.93. The molecule has 0 fully saturated rings. The Balaban J connectivity index is 1.75. The fourth-order valence-electron chi connectivity index (χ4n) is 2.13. The van der Waals surface area contributed by atoms with E-state index in [2.05, 4.69) is 35.9 Å². The molecule has 2 N–H and O–H groups in total. The average Bonchev–Trinajstić information content (AvgIpc) is 3.04. The molecule has 2 heterocycles. The van der Waals surface area contributed by atoms with Crippen LogP contribution in [0.15, 0.2) is 46.4 Å². The third kappa shape index (κ3) is 5.25. The Hall–Kier alpha value is -2.01. The number of nitrogens with one attached hydrogen (secondary N) is 2. The minimum Gasteiger partial charge on any atom is -0.298 e. The zero-order valence-corrected chi connectivity index (χ0v) is 17.7. The Bertz CT molecular complexity index is 1100. The van der Waals surface area contributed by atoms with Gasteiger partial charge in [0, 0.05) is 27.3 Å². The monoisotopic (exact) mass is 486 g/mol. The van der Waals surface area contributed by atoms with Crippen molar-refractivity contribution in [2.24, 2.45) is 0 Å². The lowest BCUT2D eigenvalue weighted by atomic mass is 10.1. The smallest absolute Gasteiger partial charge is 0.260 e. The standard InChI is InChI=1S/C16H12BrClN4O3S2/c1-27(24,25)22-11-4-2-9(3-5-11)13-8-26-16(20-13)21-15(23)12-6-10(17)7-19-14(12)18/h2-8,22H,1H3,(H,20,21,23). The first-order valence-electron chi connectivity index (χ1n) is 7.37. The van der Waals surface area contributed by atoms with Gasteiger partial charge in [-0.15, -0.1) is 11.3 Å². The fraction of sp³-hybridized carbons (Fsp3) is 0.0625. The van der Waals surface area contributed by atoms with Crippen molar-refractivity contribution in [3.8, 4) is 11.3 Å². The third-order valence-corrected chi connectivity index (χ3v) is 5.36. The van der Waals surface area contributed by atoms with Crippen molar-refractivity contribution in [3.05, 3.63) is 57.1 Å². The zero-order valence-electron chi connectivity index (χ0n) is 13.7. The highest BCUT2D eigenvalue weighted by atomic mass is 79.9. The summed E-state index contributed by atoms with van der Waals surface area (Å²) in [6, 6.07) is 8.33. The average molecular weight is 488 g/mol. The second-order valence-corrected chi connectivity index (χ2v) is 9.32. The van der Waals surface area contributed by atoms with Crippen molar-refractivity contribution < 1.29 is 13.2 Å². The summed E-state index contributed by atoms with van der Waals surface area (Å²) in [4.78, 5) is 20.7. The number of halogens is 2. The van der Waals surface area contributed by atoms with Gasteiger partial charge in [-0.2, -0.15) is 0 Å². The van der Waals surface area contributed by atoms with E-state index in [1.54, 1.807) is 35.7 Å². The van der Waals surface area contributed by atoms with E-state index in [1.165, 1.54) is 17.5 Å². The highest BCUT2D eigenvalue weighted by Crippen LogP contribution is 2.27. The number of rotatable bonds is 5. The fourth-order valence-corrected chi connectivity index (χ4v) is 3.93. The molecule has 0 bridgehead atoms. The normalized spacial score (nSPS) is 11.2. The number of aromatic nitrogens is 2. The van der Waals surface area contributed by atoms with Gasteiger partial charge >= 0.3 is 0 Å². The van der Waals surface area contributed by atoms with Crippen LogP contribution < -0.4 is 10.0 Å². The molecule has 27 heavy (non-hydrogen) atoms. The first-order valence-corrected chi connectivity index (χ1v) is 11.3. The molecule has 0 saturated heterocycles. The van der Waals surface area contributed by atoms with Crippen LogP contribution in [0.3, 0.4) is 0 Å². The summed E-state index contributed by atoms with van der Waals surface area (Å²) < 4.78 is 25.5. The highest BCUT2D eigenvalue weighted by molar-refractivity contribution is 9.10. The molecule has 0 atom stereocenters. The van der Waals surface area contributed by atoms with Crippen LogP contribution in [-0.4, -0.2) is 30.5 Å². The molecule has 1 aromatic carbocycles. The number of anilines is 2. The minimum atomic E-state index is -3.33. The molecule has 140 valence electrons. The van der Waals surface area contributed by atoms with Crippen LogP contribution in [0.4, 0.5) is 10.8 Å². The minimum absolute atomic E-state index is 0.0986. The van der Waals surface area contributed by atoms with E-state index in [4.69, 9.17) is 11.6 Å². The first-order chi connectivity index (χ1) is 12.7. The molecule has 1 amide bonds. The predicted octanol–water partition coefficient (Wildman–Crippen LogP) is 4.24. The predicted molar refractivity (Wildman–Crippen MR) is 111 cm³/mol. The molecule has 0 spiro atoms. The van der Waals surface area contributed by atoms with Gasteiger partial charge in [-0.1, -0.05) is 23.7 Å². The summed E-state index contributed by atoms with van der Waals surface area (Å²) in [6.07, 6.45) is 2.59. The lowest BCUT2D eigenvalue weighted by Gasteiger charge is -2.05. The summed E-state index contributed by atoms with van der Waals surface area (Å²) >= 11 is 10.5. The van der Waals surface area contributed by atoms with Gasteiger partial charge in [-0.05, 0) is 34.1 Å². The van der Waals surface area contributed by atoms with Crippen molar-refractivity contribution in [2.75, 3.05) is 16.3 Å². The molecule has 0 unspecified atom stereocenters. The molecule has 0 saturated carbocycles. The number of hydrogen-bond acceptors (Lipinski definition) is 6. The van der Waals surface area contributed by atoms with Crippen LogP contribution in [-0.2, 0) is 10.0 Å². The Morgan fingerprint density at radius 3 is 2.63 bits per heavy atom. The van der Waals surface area contributed by atoms with Crippen molar-refractivity contribution in [2.45, 2.75) is 0 Å². The number of benzene rings is 1. The zero-order chi connectivity index (χ0) is 19.6. The van der Waals surface area contributed by atoms with E-state index in [0.29, 0.717) is 21.0 Å². The number of carbonyl (C=O) groups excluding carboxylic acids is 1. The summed E-state index contributed by atoms with van der Waals surface area (Å²) in [5.41, 5.74) is 2.13. The summed E-state index contributed by atoms with van der Waals surface area (Å²) in [6.45, 7) is 0. The van der Waals surface area contributed by atoms with Gasteiger partial charge < -0.3 is 0 Å². The first kappa shape index (κ1) is 19.7. The number of thiazole rings is 1. The van der Waals surface area contributed by atoms with Crippen LogP contribution in [0, 0.1) is 0 Å². The Kier molecular flexibility index (Phi) is 5.80. The largest absolute Gasteiger partial charge is 0.298 e. The lowest BCUT2D eigenvalue weighted by Crippen LogP contribution is -2.12. The highest BCUT2D eigenvalue weighted by Gasteiger charge is 2.14. The van der Waals surface area contributed by atoms with E-state index in [1.807, 2.05) is 0 Å². The van der Waals surface area contributed by atoms with Gasteiger partial charge in [-0.25, -0.2) is 18.4 Å². The SMILES string of the molecule is CS(=O)(=O)Nc1ccc(-c2csc(NC(=O)c3cc(Br)cnc3Cl)n2)cc1. The van der Waals surface area contributed by atoms with Crippen molar-refractivity contribution in [3.63, 3.8) is 0 Å². The molecule has 11 heteroatoms. The summed E-state index contributed by atoms with van der Waals surface area (Å²) in [7, 11) is -3.33. The number of sulfonamides is 1. The molecule has 0 radical (unpaired) electrons. The van der Waals surface area contributed by atoms with Crippen LogP contribution in [0.2, 0.25) is 5.15 Å². The summed E-state index contributed by atoms with van der Waals surface area (Å²) in [5.74, 6) is -0.414. The number of amides is 1. The second-order valence-electron chi connectivity index (χ2n) is 5.44.